The average Bonchev–Trinajstić information content (AvgIpc) is 2.09. The summed E-state index contributed by atoms with van der Waals surface area (Å²) in [5, 5.41) is 0. The van der Waals surface area contributed by atoms with E-state index in [0.29, 0.717) is 11.3 Å². The van der Waals surface area contributed by atoms with Crippen LogP contribution < -0.4 is 5.73 Å². The first-order valence-corrected chi connectivity index (χ1v) is 4.28. The summed E-state index contributed by atoms with van der Waals surface area (Å²) in [5.74, 6) is 5.54. The molecular weight excluding hydrogens is 165 g/mol. The number of nitrogens with two attached hydrogens (primary N) is 1. The van der Waals surface area contributed by atoms with Crippen molar-refractivity contribution in [2.45, 2.75) is 19.8 Å². The Bertz CT molecular complexity index is 347. The van der Waals surface area contributed by atoms with Gasteiger partial charge >= 0.3 is 0 Å². The van der Waals surface area contributed by atoms with Gasteiger partial charge in [-0.1, -0.05) is 18.8 Å². The molecule has 0 aromatic heterocycles. The van der Waals surface area contributed by atoms with Gasteiger partial charge in [-0.05, 0) is 24.6 Å². The van der Waals surface area contributed by atoms with Crippen LogP contribution in [0.3, 0.4) is 0 Å². The van der Waals surface area contributed by atoms with Gasteiger partial charge < -0.3 is 5.73 Å². The number of halogens is 1. The SMILES string of the molecule is CCCC#Cc1ccc(F)cc1N. The van der Waals surface area contributed by atoms with Crippen molar-refractivity contribution in [3.63, 3.8) is 0 Å². The van der Waals surface area contributed by atoms with E-state index < -0.39 is 0 Å². The summed E-state index contributed by atoms with van der Waals surface area (Å²) in [6.07, 6.45) is 1.87. The highest BCUT2D eigenvalue weighted by Crippen LogP contribution is 2.11. The summed E-state index contributed by atoms with van der Waals surface area (Å²) in [5.41, 5.74) is 6.67. The van der Waals surface area contributed by atoms with Crippen LogP contribution in [0, 0.1) is 17.7 Å². The molecule has 0 aliphatic rings. The van der Waals surface area contributed by atoms with E-state index in [-0.39, 0.29) is 5.82 Å². The Morgan fingerprint density at radius 1 is 1.46 bits per heavy atom. The van der Waals surface area contributed by atoms with Crippen molar-refractivity contribution in [1.29, 1.82) is 0 Å². The topological polar surface area (TPSA) is 26.0 Å². The number of anilines is 1. The summed E-state index contributed by atoms with van der Waals surface area (Å²) in [6.45, 7) is 2.06. The van der Waals surface area contributed by atoms with Crippen LogP contribution in [0.15, 0.2) is 18.2 Å². The summed E-state index contributed by atoms with van der Waals surface area (Å²) < 4.78 is 12.6. The fourth-order valence-corrected chi connectivity index (χ4v) is 0.930. The van der Waals surface area contributed by atoms with Gasteiger partial charge in [0.1, 0.15) is 5.82 Å². The van der Waals surface area contributed by atoms with E-state index in [1.807, 2.05) is 0 Å². The van der Waals surface area contributed by atoms with E-state index in [0.717, 1.165) is 12.8 Å². The number of hydrogen-bond acceptors (Lipinski definition) is 1. The third-order valence-electron chi connectivity index (χ3n) is 1.61. The molecule has 0 bridgehead atoms. The molecule has 0 heterocycles. The highest BCUT2D eigenvalue weighted by molar-refractivity contribution is 5.55. The Hall–Kier alpha value is -1.49. The lowest BCUT2D eigenvalue weighted by Crippen LogP contribution is -1.90. The number of rotatable bonds is 1. The van der Waals surface area contributed by atoms with Gasteiger partial charge in [-0.2, -0.15) is 0 Å². The Morgan fingerprint density at radius 3 is 2.85 bits per heavy atom. The summed E-state index contributed by atoms with van der Waals surface area (Å²) >= 11 is 0. The van der Waals surface area contributed by atoms with Crippen LogP contribution in [0.5, 0.6) is 0 Å². The second kappa shape index (κ2) is 4.51. The van der Waals surface area contributed by atoms with Crippen LogP contribution >= 0.6 is 0 Å². The van der Waals surface area contributed by atoms with Crippen molar-refractivity contribution in [3.05, 3.63) is 29.6 Å². The fourth-order valence-electron chi connectivity index (χ4n) is 0.930. The van der Waals surface area contributed by atoms with Gasteiger partial charge in [-0.25, -0.2) is 4.39 Å². The van der Waals surface area contributed by atoms with E-state index >= 15 is 0 Å². The minimum Gasteiger partial charge on any atom is -0.398 e. The van der Waals surface area contributed by atoms with Gasteiger partial charge in [-0.15, -0.1) is 0 Å². The molecule has 0 saturated heterocycles. The lowest BCUT2D eigenvalue weighted by Gasteiger charge is -1.96. The Balaban J connectivity index is 2.85. The molecule has 0 saturated carbocycles. The Kier molecular flexibility index (Phi) is 3.33. The maximum absolute atomic E-state index is 12.6. The third kappa shape index (κ3) is 2.79. The third-order valence-corrected chi connectivity index (χ3v) is 1.61. The van der Waals surface area contributed by atoms with E-state index in [4.69, 9.17) is 5.73 Å². The quantitative estimate of drug-likeness (QED) is 0.517. The van der Waals surface area contributed by atoms with E-state index in [1.165, 1.54) is 12.1 Å². The standard InChI is InChI=1S/C11H12FN/c1-2-3-4-5-9-6-7-10(12)8-11(9)13/h6-8H,2-3,13H2,1H3. The maximum atomic E-state index is 12.6. The van der Waals surface area contributed by atoms with Crippen molar-refractivity contribution in [2.75, 3.05) is 5.73 Å². The molecule has 2 heteroatoms. The monoisotopic (exact) mass is 177 g/mol. The molecule has 0 spiro atoms. The minimum absolute atomic E-state index is 0.321. The number of unbranched alkanes of at least 4 members (excludes halogenated alkanes) is 1. The van der Waals surface area contributed by atoms with Crippen molar-refractivity contribution >= 4 is 5.69 Å². The molecule has 0 fully saturated rings. The van der Waals surface area contributed by atoms with E-state index in [9.17, 15) is 4.39 Å². The predicted octanol–water partition coefficient (Wildman–Crippen LogP) is 2.56. The molecule has 1 aromatic rings. The van der Waals surface area contributed by atoms with Crippen molar-refractivity contribution < 1.29 is 4.39 Å². The molecule has 1 aromatic carbocycles. The van der Waals surface area contributed by atoms with Crippen LogP contribution in [-0.4, -0.2) is 0 Å². The van der Waals surface area contributed by atoms with Gasteiger partial charge in [0.25, 0.3) is 0 Å². The van der Waals surface area contributed by atoms with Gasteiger partial charge in [0.2, 0.25) is 0 Å². The van der Waals surface area contributed by atoms with Gasteiger partial charge in [0.15, 0.2) is 0 Å². The molecule has 0 unspecified atom stereocenters. The molecule has 1 nitrogen and oxygen atoms in total. The molecule has 0 atom stereocenters. The first kappa shape index (κ1) is 9.60. The molecule has 13 heavy (non-hydrogen) atoms. The maximum Gasteiger partial charge on any atom is 0.125 e. The van der Waals surface area contributed by atoms with Crippen molar-refractivity contribution in [3.8, 4) is 11.8 Å². The first-order valence-electron chi connectivity index (χ1n) is 4.28. The molecule has 0 amide bonds. The van der Waals surface area contributed by atoms with Gasteiger partial charge in [-0.3, -0.25) is 0 Å². The zero-order valence-corrected chi connectivity index (χ0v) is 7.60. The van der Waals surface area contributed by atoms with Gasteiger partial charge in [0.05, 0.1) is 5.69 Å². The first-order chi connectivity index (χ1) is 6.24. The minimum atomic E-state index is -0.321. The van der Waals surface area contributed by atoms with E-state index in [2.05, 4.69) is 18.8 Å². The summed E-state index contributed by atoms with van der Waals surface area (Å²) in [4.78, 5) is 0. The highest BCUT2D eigenvalue weighted by atomic mass is 19.1. The zero-order chi connectivity index (χ0) is 9.68. The lowest BCUT2D eigenvalue weighted by molar-refractivity contribution is 0.628. The number of hydrogen-bond donors (Lipinski definition) is 1. The molecular formula is C11H12FN. The molecule has 2 N–H and O–H groups in total. The van der Waals surface area contributed by atoms with Gasteiger partial charge in [0, 0.05) is 12.0 Å². The van der Waals surface area contributed by atoms with E-state index in [1.54, 1.807) is 6.07 Å². The summed E-state index contributed by atoms with van der Waals surface area (Å²) in [7, 11) is 0. The fraction of sp³-hybridized carbons (Fsp3) is 0.273. The predicted molar refractivity (Wildman–Crippen MR) is 52.6 cm³/mol. The molecule has 0 aliphatic heterocycles. The summed E-state index contributed by atoms with van der Waals surface area (Å²) in [6, 6.07) is 4.26. The van der Waals surface area contributed by atoms with Crippen LogP contribution in [0.1, 0.15) is 25.3 Å². The molecule has 68 valence electrons. The molecule has 0 aliphatic carbocycles. The molecule has 0 radical (unpaired) electrons. The van der Waals surface area contributed by atoms with Crippen LogP contribution in [0.2, 0.25) is 0 Å². The van der Waals surface area contributed by atoms with Crippen LogP contribution in [0.4, 0.5) is 10.1 Å². The van der Waals surface area contributed by atoms with Crippen LogP contribution in [-0.2, 0) is 0 Å². The number of benzene rings is 1. The van der Waals surface area contributed by atoms with Crippen LogP contribution in [0.25, 0.3) is 0 Å². The second-order valence-electron chi connectivity index (χ2n) is 2.78. The zero-order valence-electron chi connectivity index (χ0n) is 7.60. The Morgan fingerprint density at radius 2 is 2.23 bits per heavy atom. The van der Waals surface area contributed by atoms with Crippen molar-refractivity contribution in [2.24, 2.45) is 0 Å². The molecule has 1 rings (SSSR count). The average molecular weight is 177 g/mol. The number of nitrogen functional groups attached to an aromatic ring is 1. The Labute approximate surface area is 77.8 Å². The highest BCUT2D eigenvalue weighted by Gasteiger charge is 1.96. The largest absolute Gasteiger partial charge is 0.398 e. The van der Waals surface area contributed by atoms with Crippen molar-refractivity contribution in [1.82, 2.24) is 0 Å². The smallest absolute Gasteiger partial charge is 0.125 e. The lowest BCUT2D eigenvalue weighted by atomic mass is 10.2. The second-order valence-corrected chi connectivity index (χ2v) is 2.78. The normalized spacial score (nSPS) is 9.08.